The Morgan fingerprint density at radius 2 is 2.00 bits per heavy atom. The van der Waals surface area contributed by atoms with Gasteiger partial charge in [-0.05, 0) is 42.7 Å². The summed E-state index contributed by atoms with van der Waals surface area (Å²) in [5, 5.41) is 16.7. The zero-order valence-electron chi connectivity index (χ0n) is 16.9. The molecule has 3 amide bonds. The van der Waals surface area contributed by atoms with E-state index < -0.39 is 17.9 Å². The van der Waals surface area contributed by atoms with Crippen molar-refractivity contribution in [3.8, 4) is 0 Å². The number of nitrogens with one attached hydrogen (secondary N) is 3. The van der Waals surface area contributed by atoms with E-state index in [9.17, 15) is 14.4 Å². The van der Waals surface area contributed by atoms with Gasteiger partial charge in [0.2, 0.25) is 11.8 Å². The predicted molar refractivity (Wildman–Crippen MR) is 118 cm³/mol. The SMILES string of the molecule is CSCC[C@@H](NC(=O)C[C@H]1NC(=O)c2ccccc2NC1=O)c1nnc2ccccn12. The first-order valence-electron chi connectivity index (χ1n) is 9.85. The van der Waals surface area contributed by atoms with Crippen molar-refractivity contribution in [2.75, 3.05) is 17.3 Å². The zero-order valence-corrected chi connectivity index (χ0v) is 17.7. The Labute approximate surface area is 183 Å². The maximum Gasteiger partial charge on any atom is 0.254 e. The smallest absolute Gasteiger partial charge is 0.254 e. The van der Waals surface area contributed by atoms with Gasteiger partial charge in [-0.15, -0.1) is 10.2 Å². The van der Waals surface area contributed by atoms with Gasteiger partial charge >= 0.3 is 0 Å². The van der Waals surface area contributed by atoms with Gasteiger partial charge in [0.05, 0.1) is 23.7 Å². The van der Waals surface area contributed by atoms with Gasteiger partial charge in [0.15, 0.2) is 11.5 Å². The molecule has 1 aromatic carbocycles. The van der Waals surface area contributed by atoms with Crippen molar-refractivity contribution in [2.24, 2.45) is 0 Å². The van der Waals surface area contributed by atoms with E-state index >= 15 is 0 Å². The molecular formula is C21H22N6O3S. The summed E-state index contributed by atoms with van der Waals surface area (Å²) in [4.78, 5) is 37.9. The number of anilines is 1. The molecule has 10 heteroatoms. The summed E-state index contributed by atoms with van der Waals surface area (Å²) in [6.45, 7) is 0. The van der Waals surface area contributed by atoms with Crippen LogP contribution < -0.4 is 16.0 Å². The third-order valence-corrected chi connectivity index (χ3v) is 5.68. The fraction of sp³-hybridized carbons (Fsp3) is 0.286. The van der Waals surface area contributed by atoms with Crippen LogP contribution in [0.4, 0.5) is 5.69 Å². The third kappa shape index (κ3) is 4.53. The first-order valence-corrected chi connectivity index (χ1v) is 11.2. The molecule has 9 nitrogen and oxygen atoms in total. The lowest BCUT2D eigenvalue weighted by Gasteiger charge is -2.19. The number of carbonyl (C=O) groups excluding carboxylic acids is 3. The quantitative estimate of drug-likeness (QED) is 0.518. The van der Waals surface area contributed by atoms with E-state index in [1.165, 1.54) is 0 Å². The van der Waals surface area contributed by atoms with Crippen molar-refractivity contribution in [3.05, 3.63) is 60.0 Å². The first-order chi connectivity index (χ1) is 15.1. The molecule has 0 saturated carbocycles. The summed E-state index contributed by atoms with van der Waals surface area (Å²) in [7, 11) is 0. The van der Waals surface area contributed by atoms with Gasteiger partial charge in [-0.2, -0.15) is 11.8 Å². The number of benzene rings is 1. The Hall–Kier alpha value is -3.40. The van der Waals surface area contributed by atoms with Crippen molar-refractivity contribution in [1.29, 1.82) is 0 Å². The minimum atomic E-state index is -0.976. The number of pyridine rings is 1. The summed E-state index contributed by atoms with van der Waals surface area (Å²) in [6, 6.07) is 11.0. The largest absolute Gasteiger partial charge is 0.346 e. The van der Waals surface area contributed by atoms with Crippen molar-refractivity contribution in [1.82, 2.24) is 25.2 Å². The molecule has 4 rings (SSSR count). The fourth-order valence-corrected chi connectivity index (χ4v) is 3.96. The summed E-state index contributed by atoms with van der Waals surface area (Å²) in [5.74, 6) is 0.254. The number of aromatic nitrogens is 3. The van der Waals surface area contributed by atoms with Crippen LogP contribution in [0.25, 0.3) is 5.65 Å². The molecule has 0 saturated heterocycles. The number of rotatable bonds is 7. The molecule has 31 heavy (non-hydrogen) atoms. The predicted octanol–water partition coefficient (Wildman–Crippen LogP) is 1.78. The van der Waals surface area contributed by atoms with Crippen molar-refractivity contribution in [2.45, 2.75) is 24.9 Å². The second kappa shape index (κ2) is 9.17. The van der Waals surface area contributed by atoms with Gasteiger partial charge in [0.25, 0.3) is 5.91 Å². The monoisotopic (exact) mass is 438 g/mol. The average molecular weight is 439 g/mol. The van der Waals surface area contributed by atoms with Gasteiger partial charge in [0, 0.05) is 6.20 Å². The average Bonchev–Trinajstić information content (AvgIpc) is 3.15. The third-order valence-electron chi connectivity index (χ3n) is 5.04. The summed E-state index contributed by atoms with van der Waals surface area (Å²) in [5.41, 5.74) is 1.49. The van der Waals surface area contributed by atoms with E-state index in [2.05, 4.69) is 26.1 Å². The molecule has 0 spiro atoms. The second-order valence-corrected chi connectivity index (χ2v) is 8.14. The Morgan fingerprint density at radius 3 is 2.84 bits per heavy atom. The highest BCUT2D eigenvalue weighted by molar-refractivity contribution is 7.98. The molecule has 3 aromatic rings. The number of nitrogens with zero attached hydrogens (tertiary/aromatic N) is 3. The standard InChI is InChI=1S/C21H22N6O3S/c1-31-11-9-15(19-26-25-17-8-4-5-10-27(17)19)22-18(28)12-16-21(30)23-14-7-3-2-6-13(14)20(29)24-16/h2-8,10,15-16H,9,11-12H2,1H3,(H,22,28)(H,23,30)(H,24,29)/t15-,16-/m1/s1. The number of fused-ring (bicyclic) bond motifs is 2. The van der Waals surface area contributed by atoms with E-state index in [-0.39, 0.29) is 18.4 Å². The molecule has 0 unspecified atom stereocenters. The maximum absolute atomic E-state index is 12.8. The molecule has 0 bridgehead atoms. The number of hydrogen-bond acceptors (Lipinski definition) is 6. The highest BCUT2D eigenvalue weighted by atomic mass is 32.2. The molecular weight excluding hydrogens is 416 g/mol. The van der Waals surface area contributed by atoms with Crippen LogP contribution in [0.1, 0.15) is 35.1 Å². The summed E-state index contributed by atoms with van der Waals surface area (Å²) in [6.07, 6.45) is 4.30. The normalized spacial score (nSPS) is 16.7. The van der Waals surface area contributed by atoms with E-state index in [0.29, 0.717) is 29.1 Å². The number of hydrogen-bond donors (Lipinski definition) is 3. The van der Waals surface area contributed by atoms with Crippen molar-refractivity contribution in [3.63, 3.8) is 0 Å². The zero-order chi connectivity index (χ0) is 21.8. The van der Waals surface area contributed by atoms with Gasteiger partial charge in [0.1, 0.15) is 6.04 Å². The van der Waals surface area contributed by atoms with Gasteiger partial charge in [-0.1, -0.05) is 18.2 Å². The molecule has 3 heterocycles. The minimum Gasteiger partial charge on any atom is -0.346 e. The number of amides is 3. The molecule has 2 aromatic heterocycles. The maximum atomic E-state index is 12.8. The molecule has 2 atom stereocenters. The van der Waals surface area contributed by atoms with Crippen LogP contribution in [0, 0.1) is 0 Å². The number of thioether (sulfide) groups is 1. The Kier molecular flexibility index (Phi) is 6.17. The van der Waals surface area contributed by atoms with Crippen LogP contribution in [0.2, 0.25) is 0 Å². The van der Waals surface area contributed by atoms with Crippen LogP contribution in [-0.2, 0) is 9.59 Å². The molecule has 0 aliphatic carbocycles. The van der Waals surface area contributed by atoms with Gasteiger partial charge < -0.3 is 16.0 Å². The van der Waals surface area contributed by atoms with E-state index in [4.69, 9.17) is 0 Å². The van der Waals surface area contributed by atoms with E-state index in [1.807, 2.05) is 35.1 Å². The second-order valence-electron chi connectivity index (χ2n) is 7.15. The Morgan fingerprint density at radius 1 is 1.19 bits per heavy atom. The van der Waals surface area contributed by atoms with Crippen LogP contribution in [0.5, 0.6) is 0 Å². The summed E-state index contributed by atoms with van der Waals surface area (Å²) >= 11 is 1.66. The van der Waals surface area contributed by atoms with Gasteiger partial charge in [-0.25, -0.2) is 0 Å². The Bertz CT molecular complexity index is 1130. The lowest BCUT2D eigenvalue weighted by molar-refractivity contribution is -0.126. The molecule has 0 radical (unpaired) electrons. The highest BCUT2D eigenvalue weighted by Gasteiger charge is 2.30. The fourth-order valence-electron chi connectivity index (χ4n) is 3.49. The topological polar surface area (TPSA) is 117 Å². The lowest BCUT2D eigenvalue weighted by Crippen LogP contribution is -2.45. The molecule has 160 valence electrons. The van der Waals surface area contributed by atoms with Crippen LogP contribution in [0.15, 0.2) is 48.7 Å². The van der Waals surface area contributed by atoms with E-state index in [1.54, 1.807) is 36.0 Å². The van der Waals surface area contributed by atoms with Gasteiger partial charge in [-0.3, -0.25) is 18.8 Å². The lowest BCUT2D eigenvalue weighted by atomic mass is 10.1. The first kappa shape index (κ1) is 20.9. The van der Waals surface area contributed by atoms with E-state index in [0.717, 1.165) is 5.75 Å². The molecule has 3 N–H and O–H groups in total. The number of carbonyl (C=O) groups is 3. The van der Waals surface area contributed by atoms with Crippen LogP contribution in [-0.4, -0.2) is 50.4 Å². The van der Waals surface area contributed by atoms with Crippen molar-refractivity contribution >= 4 is 40.8 Å². The minimum absolute atomic E-state index is 0.182. The highest BCUT2D eigenvalue weighted by Crippen LogP contribution is 2.21. The van der Waals surface area contributed by atoms with Crippen LogP contribution in [0.3, 0.4) is 0 Å². The summed E-state index contributed by atoms with van der Waals surface area (Å²) < 4.78 is 1.84. The van der Waals surface area contributed by atoms with Crippen molar-refractivity contribution < 1.29 is 14.4 Å². The van der Waals surface area contributed by atoms with Crippen LogP contribution >= 0.6 is 11.8 Å². The number of para-hydroxylation sites is 1. The molecule has 0 fully saturated rings. The molecule has 1 aliphatic rings. The Balaban J connectivity index is 1.49. The molecule has 1 aliphatic heterocycles.